The molecule has 0 amide bonds. The third-order valence-electron chi connectivity index (χ3n) is 5.44. The lowest BCUT2D eigenvalue weighted by molar-refractivity contribution is 0.712. The molecule has 2 atom stereocenters. The molecule has 0 saturated heterocycles. The molecular formula is C21H22N10O. The first-order valence-electron chi connectivity index (χ1n) is 10.4. The fourth-order valence-corrected chi connectivity index (χ4v) is 3.83. The van der Waals surface area contributed by atoms with Crippen LogP contribution in [-0.4, -0.2) is 52.2 Å². The average molecular weight is 430 g/mol. The van der Waals surface area contributed by atoms with Gasteiger partial charge in [-0.1, -0.05) is 0 Å². The number of H-pyrrole nitrogens is 1. The lowest BCUT2D eigenvalue weighted by Gasteiger charge is -2.15. The van der Waals surface area contributed by atoms with E-state index in [-0.39, 0.29) is 11.6 Å². The summed E-state index contributed by atoms with van der Waals surface area (Å²) in [5, 5.41) is 25.4. The van der Waals surface area contributed by atoms with Gasteiger partial charge in [0.1, 0.15) is 11.5 Å². The van der Waals surface area contributed by atoms with Crippen LogP contribution in [0.5, 0.6) is 0 Å². The van der Waals surface area contributed by atoms with Gasteiger partial charge in [0.2, 0.25) is 5.95 Å². The number of rotatable bonds is 6. The van der Waals surface area contributed by atoms with Crippen LogP contribution < -0.4 is 16.2 Å². The number of aromatic amines is 1. The Bertz CT molecular complexity index is 1240. The summed E-state index contributed by atoms with van der Waals surface area (Å²) in [6, 6.07) is 7.58. The third kappa shape index (κ3) is 4.31. The summed E-state index contributed by atoms with van der Waals surface area (Å²) in [6.45, 7) is 1.86. The van der Waals surface area contributed by atoms with E-state index in [4.69, 9.17) is 0 Å². The van der Waals surface area contributed by atoms with Crippen molar-refractivity contribution in [3.8, 4) is 16.9 Å². The molecule has 11 heteroatoms. The predicted octanol–water partition coefficient (Wildman–Crippen LogP) is 1.96. The first kappa shape index (κ1) is 19.8. The Labute approximate surface area is 183 Å². The van der Waals surface area contributed by atoms with Crippen molar-refractivity contribution in [2.24, 2.45) is 0 Å². The molecule has 1 aliphatic carbocycles. The second-order valence-electron chi connectivity index (χ2n) is 7.80. The number of aryl methyl sites for hydroxylation is 1. The Morgan fingerprint density at radius 1 is 1.00 bits per heavy atom. The molecule has 0 bridgehead atoms. The SMILES string of the molecule is Cc1cnc(N[C@H]2CC[C@H](Nc3ccc(-n4cc(-c5cn[nH]n5)ccc4=O)cn3)C2)nn1. The van der Waals surface area contributed by atoms with Gasteiger partial charge >= 0.3 is 0 Å². The first-order chi connectivity index (χ1) is 15.6. The van der Waals surface area contributed by atoms with E-state index in [0.29, 0.717) is 23.4 Å². The minimum atomic E-state index is -0.141. The summed E-state index contributed by atoms with van der Waals surface area (Å²) in [5.74, 6) is 1.33. The number of pyridine rings is 2. The summed E-state index contributed by atoms with van der Waals surface area (Å²) in [7, 11) is 0. The first-order valence-corrected chi connectivity index (χ1v) is 10.4. The van der Waals surface area contributed by atoms with Crippen LogP contribution in [0.25, 0.3) is 16.9 Å². The van der Waals surface area contributed by atoms with Crippen LogP contribution in [0.1, 0.15) is 25.0 Å². The maximum Gasteiger partial charge on any atom is 0.255 e. The minimum absolute atomic E-state index is 0.141. The zero-order valence-corrected chi connectivity index (χ0v) is 17.4. The van der Waals surface area contributed by atoms with Crippen LogP contribution in [0.3, 0.4) is 0 Å². The molecule has 4 aromatic rings. The van der Waals surface area contributed by atoms with Crippen molar-refractivity contribution in [2.45, 2.75) is 38.3 Å². The Morgan fingerprint density at radius 2 is 1.88 bits per heavy atom. The van der Waals surface area contributed by atoms with Gasteiger partial charge in [-0.25, -0.2) is 9.97 Å². The molecule has 4 aromatic heterocycles. The number of nitrogens with one attached hydrogen (secondary N) is 3. The molecule has 11 nitrogen and oxygen atoms in total. The van der Waals surface area contributed by atoms with E-state index in [1.807, 2.05) is 19.1 Å². The number of aromatic nitrogens is 8. The Balaban J connectivity index is 1.23. The van der Waals surface area contributed by atoms with Gasteiger partial charge in [0, 0.05) is 29.9 Å². The van der Waals surface area contributed by atoms with Crippen LogP contribution in [0.4, 0.5) is 11.8 Å². The number of anilines is 2. The molecule has 162 valence electrons. The third-order valence-corrected chi connectivity index (χ3v) is 5.44. The summed E-state index contributed by atoms with van der Waals surface area (Å²) in [5.41, 5.74) is 2.79. The van der Waals surface area contributed by atoms with Gasteiger partial charge in [-0.3, -0.25) is 9.36 Å². The molecule has 1 aliphatic rings. The molecule has 5 rings (SSSR count). The van der Waals surface area contributed by atoms with Crippen molar-refractivity contribution in [1.29, 1.82) is 0 Å². The lowest BCUT2D eigenvalue weighted by Crippen LogP contribution is -2.22. The van der Waals surface area contributed by atoms with Crippen molar-refractivity contribution in [3.63, 3.8) is 0 Å². The average Bonchev–Trinajstić information content (AvgIpc) is 3.49. The fourth-order valence-electron chi connectivity index (χ4n) is 3.83. The largest absolute Gasteiger partial charge is 0.367 e. The molecule has 0 unspecified atom stereocenters. The molecule has 0 aromatic carbocycles. The molecule has 1 fully saturated rings. The normalized spacial score (nSPS) is 17.9. The Morgan fingerprint density at radius 3 is 2.59 bits per heavy atom. The van der Waals surface area contributed by atoms with E-state index in [0.717, 1.165) is 36.3 Å². The molecule has 4 heterocycles. The van der Waals surface area contributed by atoms with Gasteiger partial charge < -0.3 is 10.6 Å². The van der Waals surface area contributed by atoms with Crippen molar-refractivity contribution >= 4 is 11.8 Å². The van der Waals surface area contributed by atoms with E-state index < -0.39 is 0 Å². The van der Waals surface area contributed by atoms with Crippen molar-refractivity contribution in [2.75, 3.05) is 10.6 Å². The van der Waals surface area contributed by atoms with E-state index in [2.05, 4.69) is 46.2 Å². The quantitative estimate of drug-likeness (QED) is 0.419. The van der Waals surface area contributed by atoms with E-state index >= 15 is 0 Å². The van der Waals surface area contributed by atoms with Gasteiger partial charge in [0.15, 0.2) is 0 Å². The predicted molar refractivity (Wildman–Crippen MR) is 118 cm³/mol. The second-order valence-corrected chi connectivity index (χ2v) is 7.80. The van der Waals surface area contributed by atoms with Gasteiger partial charge in [-0.05, 0) is 44.4 Å². The van der Waals surface area contributed by atoms with Gasteiger partial charge in [0.05, 0.1) is 30.0 Å². The minimum Gasteiger partial charge on any atom is -0.367 e. The van der Waals surface area contributed by atoms with Crippen LogP contribution in [0, 0.1) is 6.92 Å². The zero-order valence-electron chi connectivity index (χ0n) is 17.4. The smallest absolute Gasteiger partial charge is 0.255 e. The molecular weight excluding hydrogens is 408 g/mol. The highest BCUT2D eigenvalue weighted by molar-refractivity contribution is 5.57. The number of hydrogen-bond acceptors (Lipinski definition) is 9. The summed E-state index contributed by atoms with van der Waals surface area (Å²) in [4.78, 5) is 21.1. The second kappa shape index (κ2) is 8.53. The van der Waals surface area contributed by atoms with Crippen LogP contribution in [-0.2, 0) is 0 Å². The monoisotopic (exact) mass is 430 g/mol. The highest BCUT2D eigenvalue weighted by Crippen LogP contribution is 2.24. The Kier molecular flexibility index (Phi) is 5.28. The molecule has 0 aliphatic heterocycles. The molecule has 32 heavy (non-hydrogen) atoms. The summed E-state index contributed by atoms with van der Waals surface area (Å²) in [6.07, 6.45) is 9.70. The molecule has 1 saturated carbocycles. The molecule has 0 radical (unpaired) electrons. The van der Waals surface area contributed by atoms with Crippen molar-refractivity contribution in [3.05, 3.63) is 65.1 Å². The number of hydrogen-bond donors (Lipinski definition) is 3. The van der Waals surface area contributed by atoms with E-state index in [1.165, 1.54) is 6.07 Å². The standard InChI is InChI=1S/C21H22N10O/c1-13-9-23-21(29-27-13)26-16-4-3-15(8-16)25-19-6-5-17(10-22-19)31-12-14(2-7-20(31)32)18-11-24-30-28-18/h2,5-7,9-12,15-16H,3-4,8H2,1H3,(H,22,25)(H,23,26,29)(H,24,28,30)/t15-,16-/m0/s1. The van der Waals surface area contributed by atoms with Crippen LogP contribution in [0.15, 0.2) is 53.8 Å². The van der Waals surface area contributed by atoms with Gasteiger partial charge in [-0.15, -0.1) is 5.10 Å². The van der Waals surface area contributed by atoms with Gasteiger partial charge in [-0.2, -0.15) is 20.5 Å². The molecule has 0 spiro atoms. The fraction of sp³-hybridized carbons (Fsp3) is 0.286. The Hall–Kier alpha value is -4.15. The maximum atomic E-state index is 12.4. The zero-order chi connectivity index (χ0) is 21.9. The lowest BCUT2D eigenvalue weighted by atomic mass is 10.2. The number of nitrogens with zero attached hydrogens (tertiary/aromatic N) is 7. The van der Waals surface area contributed by atoms with Gasteiger partial charge in [0.25, 0.3) is 5.56 Å². The van der Waals surface area contributed by atoms with Crippen molar-refractivity contribution in [1.82, 2.24) is 40.1 Å². The molecule has 3 N–H and O–H groups in total. The topological polar surface area (TPSA) is 139 Å². The maximum absolute atomic E-state index is 12.4. The van der Waals surface area contributed by atoms with Crippen LogP contribution >= 0.6 is 0 Å². The van der Waals surface area contributed by atoms with Crippen molar-refractivity contribution < 1.29 is 0 Å². The highest BCUT2D eigenvalue weighted by atomic mass is 16.1. The van der Waals surface area contributed by atoms with Crippen LogP contribution in [0.2, 0.25) is 0 Å². The highest BCUT2D eigenvalue weighted by Gasteiger charge is 2.25. The summed E-state index contributed by atoms with van der Waals surface area (Å²) < 4.78 is 1.55. The summed E-state index contributed by atoms with van der Waals surface area (Å²) >= 11 is 0. The van der Waals surface area contributed by atoms with E-state index in [9.17, 15) is 4.79 Å². The van der Waals surface area contributed by atoms with E-state index in [1.54, 1.807) is 35.4 Å².